The van der Waals surface area contributed by atoms with Crippen LogP contribution in [0.4, 0.5) is 5.69 Å². The SMILES string of the molecule is CCOc1ccc(NC(=NC)NCc2ncc(C(C)(C)C)o2)cc1OC. The summed E-state index contributed by atoms with van der Waals surface area (Å²) in [5, 5.41) is 6.40. The molecule has 0 radical (unpaired) electrons. The van der Waals surface area contributed by atoms with Crippen molar-refractivity contribution in [3.63, 3.8) is 0 Å². The molecule has 0 fully saturated rings. The van der Waals surface area contributed by atoms with Gasteiger partial charge in [0, 0.05) is 24.2 Å². The molecule has 2 rings (SSSR count). The number of anilines is 1. The average Bonchev–Trinajstić information content (AvgIpc) is 3.09. The van der Waals surface area contributed by atoms with E-state index in [2.05, 4.69) is 41.4 Å². The number of ether oxygens (including phenoxy) is 2. The second kappa shape index (κ2) is 8.60. The summed E-state index contributed by atoms with van der Waals surface area (Å²) in [4.78, 5) is 8.53. The second-order valence-electron chi connectivity index (χ2n) is 6.72. The standard InChI is InChI=1S/C19H28N4O3/c1-7-25-14-9-8-13(10-15(14)24-6)23-18(20-5)22-12-17-21-11-16(26-17)19(2,3)4/h8-11H,7,12H2,1-6H3,(H2,20,22,23). The molecule has 0 aliphatic carbocycles. The number of nitrogens with one attached hydrogen (secondary N) is 2. The van der Waals surface area contributed by atoms with E-state index >= 15 is 0 Å². The molecule has 0 unspecified atom stereocenters. The number of hydrogen-bond acceptors (Lipinski definition) is 5. The molecule has 0 aliphatic rings. The summed E-state index contributed by atoms with van der Waals surface area (Å²) in [7, 11) is 3.32. The molecule has 7 heteroatoms. The lowest BCUT2D eigenvalue weighted by Gasteiger charge is -2.14. The highest BCUT2D eigenvalue weighted by Gasteiger charge is 2.19. The van der Waals surface area contributed by atoms with Gasteiger partial charge in [-0.15, -0.1) is 0 Å². The van der Waals surface area contributed by atoms with Crippen LogP contribution in [0, 0.1) is 0 Å². The lowest BCUT2D eigenvalue weighted by Crippen LogP contribution is -2.30. The van der Waals surface area contributed by atoms with E-state index in [1.807, 2.05) is 25.1 Å². The number of hydrogen-bond donors (Lipinski definition) is 2. The van der Waals surface area contributed by atoms with Gasteiger partial charge in [-0.3, -0.25) is 4.99 Å². The van der Waals surface area contributed by atoms with Gasteiger partial charge < -0.3 is 24.5 Å². The summed E-state index contributed by atoms with van der Waals surface area (Å²) in [6, 6.07) is 5.63. The molecule has 1 heterocycles. The summed E-state index contributed by atoms with van der Waals surface area (Å²) in [5.74, 6) is 3.44. The monoisotopic (exact) mass is 360 g/mol. The van der Waals surface area contributed by atoms with E-state index in [0.29, 0.717) is 36.5 Å². The molecule has 0 spiro atoms. The number of methoxy groups -OCH3 is 1. The first-order valence-electron chi connectivity index (χ1n) is 8.61. The van der Waals surface area contributed by atoms with Gasteiger partial charge in [0.2, 0.25) is 5.89 Å². The van der Waals surface area contributed by atoms with Crippen molar-refractivity contribution >= 4 is 11.6 Å². The van der Waals surface area contributed by atoms with E-state index in [1.54, 1.807) is 20.4 Å². The van der Waals surface area contributed by atoms with Crippen LogP contribution in [0.5, 0.6) is 11.5 Å². The molecular weight excluding hydrogens is 332 g/mol. The second-order valence-corrected chi connectivity index (χ2v) is 6.72. The largest absolute Gasteiger partial charge is 0.493 e. The third kappa shape index (κ3) is 5.15. The average molecular weight is 360 g/mol. The number of aliphatic imine (C=N–C) groups is 1. The molecule has 0 aliphatic heterocycles. The van der Waals surface area contributed by atoms with Crippen molar-refractivity contribution in [2.75, 3.05) is 26.1 Å². The van der Waals surface area contributed by atoms with Crippen LogP contribution < -0.4 is 20.1 Å². The molecule has 2 N–H and O–H groups in total. The van der Waals surface area contributed by atoms with Crippen LogP contribution in [-0.4, -0.2) is 31.7 Å². The van der Waals surface area contributed by atoms with Crippen molar-refractivity contribution in [3.05, 3.63) is 36.0 Å². The predicted molar refractivity (Wildman–Crippen MR) is 103 cm³/mol. The van der Waals surface area contributed by atoms with E-state index in [1.165, 1.54) is 0 Å². The van der Waals surface area contributed by atoms with Gasteiger partial charge in [0.1, 0.15) is 5.76 Å². The fourth-order valence-electron chi connectivity index (χ4n) is 2.23. The summed E-state index contributed by atoms with van der Waals surface area (Å²) in [6.07, 6.45) is 1.77. The minimum absolute atomic E-state index is 0.0654. The van der Waals surface area contributed by atoms with Gasteiger partial charge in [0.25, 0.3) is 0 Å². The molecule has 142 valence electrons. The van der Waals surface area contributed by atoms with Gasteiger partial charge in [-0.05, 0) is 19.1 Å². The van der Waals surface area contributed by atoms with Crippen LogP contribution in [0.3, 0.4) is 0 Å². The topological polar surface area (TPSA) is 80.9 Å². The Balaban J connectivity index is 2.00. The Morgan fingerprint density at radius 1 is 1.27 bits per heavy atom. The third-order valence-corrected chi connectivity index (χ3v) is 3.65. The quantitative estimate of drug-likeness (QED) is 0.605. The molecule has 26 heavy (non-hydrogen) atoms. The Kier molecular flexibility index (Phi) is 6.49. The normalized spacial score (nSPS) is 12.0. The zero-order chi connectivity index (χ0) is 19.2. The van der Waals surface area contributed by atoms with Crippen LogP contribution in [-0.2, 0) is 12.0 Å². The molecule has 2 aromatic rings. The minimum Gasteiger partial charge on any atom is -0.493 e. The Hall–Kier alpha value is -2.70. The highest BCUT2D eigenvalue weighted by molar-refractivity contribution is 5.93. The zero-order valence-electron chi connectivity index (χ0n) is 16.3. The Morgan fingerprint density at radius 3 is 2.62 bits per heavy atom. The van der Waals surface area contributed by atoms with Crippen molar-refractivity contribution in [2.24, 2.45) is 4.99 Å². The number of aromatic nitrogens is 1. The lowest BCUT2D eigenvalue weighted by molar-refractivity contribution is 0.311. The van der Waals surface area contributed by atoms with Crippen LogP contribution in [0.15, 0.2) is 33.8 Å². The molecule has 1 aromatic carbocycles. The molecule has 7 nitrogen and oxygen atoms in total. The van der Waals surface area contributed by atoms with Gasteiger partial charge in [0.05, 0.1) is 26.5 Å². The Bertz CT molecular complexity index is 747. The molecule has 0 atom stereocenters. The van der Waals surface area contributed by atoms with Crippen molar-refractivity contribution in [1.29, 1.82) is 0 Å². The van der Waals surface area contributed by atoms with Gasteiger partial charge in [-0.25, -0.2) is 4.98 Å². The summed E-state index contributed by atoms with van der Waals surface area (Å²) in [5.41, 5.74) is 0.769. The number of rotatable bonds is 6. The fourth-order valence-corrected chi connectivity index (χ4v) is 2.23. The smallest absolute Gasteiger partial charge is 0.213 e. The van der Waals surface area contributed by atoms with Crippen LogP contribution in [0.1, 0.15) is 39.3 Å². The van der Waals surface area contributed by atoms with Crippen molar-refractivity contribution < 1.29 is 13.9 Å². The first-order valence-corrected chi connectivity index (χ1v) is 8.61. The van der Waals surface area contributed by atoms with Crippen LogP contribution >= 0.6 is 0 Å². The Morgan fingerprint density at radius 2 is 2.04 bits per heavy atom. The summed E-state index contributed by atoms with van der Waals surface area (Å²) >= 11 is 0. The van der Waals surface area contributed by atoms with Crippen molar-refractivity contribution in [1.82, 2.24) is 10.3 Å². The van der Waals surface area contributed by atoms with Gasteiger partial charge >= 0.3 is 0 Å². The zero-order valence-corrected chi connectivity index (χ0v) is 16.3. The maximum absolute atomic E-state index is 5.78. The molecule has 1 aromatic heterocycles. The van der Waals surface area contributed by atoms with Gasteiger partial charge in [-0.1, -0.05) is 20.8 Å². The lowest BCUT2D eigenvalue weighted by atomic mass is 9.94. The van der Waals surface area contributed by atoms with Gasteiger partial charge in [0.15, 0.2) is 17.5 Å². The highest BCUT2D eigenvalue weighted by Crippen LogP contribution is 2.30. The minimum atomic E-state index is -0.0654. The number of nitrogens with zero attached hydrogens (tertiary/aromatic N) is 2. The van der Waals surface area contributed by atoms with Crippen LogP contribution in [0.25, 0.3) is 0 Å². The Labute approximate surface area is 154 Å². The number of guanidine groups is 1. The molecule has 0 saturated carbocycles. The fraction of sp³-hybridized carbons (Fsp3) is 0.474. The van der Waals surface area contributed by atoms with Crippen molar-refractivity contribution in [2.45, 2.75) is 39.7 Å². The highest BCUT2D eigenvalue weighted by atomic mass is 16.5. The first kappa shape index (κ1) is 19.6. The van der Waals surface area contributed by atoms with E-state index < -0.39 is 0 Å². The van der Waals surface area contributed by atoms with Crippen molar-refractivity contribution in [3.8, 4) is 11.5 Å². The summed E-state index contributed by atoms with van der Waals surface area (Å²) < 4.78 is 16.7. The van der Waals surface area contributed by atoms with E-state index in [0.717, 1.165) is 11.4 Å². The van der Waals surface area contributed by atoms with E-state index in [9.17, 15) is 0 Å². The maximum Gasteiger partial charge on any atom is 0.213 e. The van der Waals surface area contributed by atoms with E-state index in [4.69, 9.17) is 13.9 Å². The third-order valence-electron chi connectivity index (χ3n) is 3.65. The maximum atomic E-state index is 5.78. The molecule has 0 saturated heterocycles. The first-order chi connectivity index (χ1) is 12.4. The molecule has 0 amide bonds. The van der Waals surface area contributed by atoms with E-state index in [-0.39, 0.29) is 5.41 Å². The number of oxazole rings is 1. The summed E-state index contributed by atoms with van der Waals surface area (Å²) in [6.45, 7) is 9.22. The molecule has 0 bridgehead atoms. The number of benzene rings is 1. The van der Waals surface area contributed by atoms with Crippen LogP contribution in [0.2, 0.25) is 0 Å². The molecular formula is C19H28N4O3. The van der Waals surface area contributed by atoms with Gasteiger partial charge in [-0.2, -0.15) is 0 Å². The predicted octanol–water partition coefficient (Wildman–Crippen LogP) is 3.57.